The van der Waals surface area contributed by atoms with Gasteiger partial charge in [-0.2, -0.15) is 0 Å². The fraction of sp³-hybridized carbons (Fsp3) is 0.667. The molecule has 1 aromatic rings. The van der Waals surface area contributed by atoms with Crippen molar-refractivity contribution >= 4 is 11.6 Å². The van der Waals surface area contributed by atoms with Gasteiger partial charge in [-0.15, -0.1) is 0 Å². The summed E-state index contributed by atoms with van der Waals surface area (Å²) < 4.78 is 0. The number of nitrogens with two attached hydrogens (primary N) is 1. The van der Waals surface area contributed by atoms with Crippen molar-refractivity contribution in [3.05, 3.63) is 11.4 Å². The molecule has 2 rings (SSSR count). The van der Waals surface area contributed by atoms with Crippen molar-refractivity contribution in [2.24, 2.45) is 0 Å². The lowest BCUT2D eigenvalue weighted by atomic mass is 10.2. The molecule has 5 nitrogen and oxygen atoms in total. The molecule has 1 saturated heterocycles. The molecule has 0 spiro atoms. The molecule has 0 atom stereocenters. The summed E-state index contributed by atoms with van der Waals surface area (Å²) in [7, 11) is 2.16. The lowest BCUT2D eigenvalue weighted by molar-refractivity contribution is 0.360. The van der Waals surface area contributed by atoms with Gasteiger partial charge in [0.15, 0.2) is 0 Å². The molecule has 0 amide bonds. The van der Waals surface area contributed by atoms with Gasteiger partial charge in [-0.05, 0) is 33.9 Å². The first-order valence-corrected chi connectivity index (χ1v) is 6.12. The van der Waals surface area contributed by atoms with Gasteiger partial charge in [0.05, 0.1) is 0 Å². The van der Waals surface area contributed by atoms with E-state index >= 15 is 0 Å². The van der Waals surface area contributed by atoms with E-state index in [1.165, 1.54) is 6.42 Å². The van der Waals surface area contributed by atoms with E-state index in [1.807, 2.05) is 13.8 Å². The lowest BCUT2D eigenvalue weighted by Gasteiger charge is -2.24. The largest absolute Gasteiger partial charge is 0.383 e. The summed E-state index contributed by atoms with van der Waals surface area (Å²) in [4.78, 5) is 13.4. The van der Waals surface area contributed by atoms with E-state index < -0.39 is 0 Å². The predicted octanol–water partition coefficient (Wildman–Crippen LogP) is 0.818. The number of nitrogen functional groups attached to an aromatic ring is 1. The Morgan fingerprint density at radius 3 is 2.59 bits per heavy atom. The van der Waals surface area contributed by atoms with Crippen molar-refractivity contribution in [3.8, 4) is 0 Å². The number of hydrogen-bond donors (Lipinski definition) is 1. The highest BCUT2D eigenvalue weighted by Crippen LogP contribution is 2.22. The lowest BCUT2D eigenvalue weighted by Crippen LogP contribution is -2.30. The first kappa shape index (κ1) is 12.1. The highest BCUT2D eigenvalue weighted by Gasteiger charge is 2.17. The van der Waals surface area contributed by atoms with Crippen molar-refractivity contribution in [1.29, 1.82) is 0 Å². The molecule has 0 radical (unpaired) electrons. The average Bonchev–Trinajstić information content (AvgIpc) is 2.48. The molecule has 17 heavy (non-hydrogen) atoms. The van der Waals surface area contributed by atoms with Crippen LogP contribution in [0.1, 0.15) is 17.8 Å². The van der Waals surface area contributed by atoms with E-state index in [1.54, 1.807) is 0 Å². The highest BCUT2D eigenvalue weighted by molar-refractivity contribution is 5.56. The standard InChI is InChI=1S/C12H21N5/c1-9-11(13)14-10(2)15-12(9)17-6-4-5-16(3)7-8-17/h4-8H2,1-3H3,(H2,13,14,15). The smallest absolute Gasteiger partial charge is 0.137 e. The number of aryl methyl sites for hydroxylation is 1. The van der Waals surface area contributed by atoms with Crippen LogP contribution in [0.3, 0.4) is 0 Å². The minimum atomic E-state index is 0.602. The normalized spacial score (nSPS) is 18.2. The molecular weight excluding hydrogens is 214 g/mol. The molecule has 0 aromatic carbocycles. The Kier molecular flexibility index (Phi) is 3.47. The summed E-state index contributed by atoms with van der Waals surface area (Å²) in [6, 6.07) is 0. The van der Waals surface area contributed by atoms with Crippen LogP contribution in [-0.4, -0.2) is 48.1 Å². The molecule has 94 valence electrons. The van der Waals surface area contributed by atoms with Crippen LogP contribution in [0.5, 0.6) is 0 Å². The predicted molar refractivity (Wildman–Crippen MR) is 70.2 cm³/mol. The summed E-state index contributed by atoms with van der Waals surface area (Å²) in [5, 5.41) is 0. The Hall–Kier alpha value is -1.36. The Morgan fingerprint density at radius 1 is 1.06 bits per heavy atom. The van der Waals surface area contributed by atoms with Crippen molar-refractivity contribution in [2.45, 2.75) is 20.3 Å². The maximum Gasteiger partial charge on any atom is 0.137 e. The maximum absolute atomic E-state index is 5.91. The van der Waals surface area contributed by atoms with Crippen LogP contribution in [0.25, 0.3) is 0 Å². The molecule has 2 N–H and O–H groups in total. The van der Waals surface area contributed by atoms with Crippen molar-refractivity contribution < 1.29 is 0 Å². The fourth-order valence-electron chi connectivity index (χ4n) is 2.20. The third-order valence-corrected chi connectivity index (χ3v) is 3.29. The third kappa shape index (κ3) is 2.66. The van der Waals surface area contributed by atoms with E-state index in [2.05, 4.69) is 26.8 Å². The van der Waals surface area contributed by atoms with Crippen molar-refractivity contribution in [3.63, 3.8) is 0 Å². The Bertz CT molecular complexity index is 404. The zero-order chi connectivity index (χ0) is 12.4. The van der Waals surface area contributed by atoms with Crippen LogP contribution in [-0.2, 0) is 0 Å². The second kappa shape index (κ2) is 4.87. The summed E-state index contributed by atoms with van der Waals surface area (Å²) in [6.45, 7) is 8.16. The van der Waals surface area contributed by atoms with E-state index in [0.717, 1.165) is 43.4 Å². The molecular formula is C12H21N5. The second-order valence-corrected chi connectivity index (χ2v) is 4.75. The number of anilines is 2. The Labute approximate surface area is 103 Å². The highest BCUT2D eigenvalue weighted by atomic mass is 15.2. The van der Waals surface area contributed by atoms with E-state index in [4.69, 9.17) is 5.73 Å². The van der Waals surface area contributed by atoms with Gasteiger partial charge in [-0.3, -0.25) is 0 Å². The van der Waals surface area contributed by atoms with Crippen LogP contribution in [0.4, 0.5) is 11.6 Å². The SMILES string of the molecule is Cc1nc(N)c(C)c(N2CCCN(C)CC2)n1. The quantitative estimate of drug-likeness (QED) is 0.781. The summed E-state index contributed by atoms with van der Waals surface area (Å²) in [5.74, 6) is 2.36. The van der Waals surface area contributed by atoms with Crippen LogP contribution >= 0.6 is 0 Å². The zero-order valence-corrected chi connectivity index (χ0v) is 10.9. The van der Waals surface area contributed by atoms with Gasteiger partial charge < -0.3 is 15.5 Å². The molecule has 0 bridgehead atoms. The molecule has 1 fully saturated rings. The fourth-order valence-corrected chi connectivity index (χ4v) is 2.20. The van der Waals surface area contributed by atoms with E-state index in [-0.39, 0.29) is 0 Å². The van der Waals surface area contributed by atoms with Gasteiger partial charge in [0.25, 0.3) is 0 Å². The number of aromatic nitrogens is 2. The molecule has 5 heteroatoms. The van der Waals surface area contributed by atoms with Gasteiger partial charge in [-0.25, -0.2) is 9.97 Å². The van der Waals surface area contributed by atoms with Gasteiger partial charge in [0, 0.05) is 25.2 Å². The molecule has 1 aliphatic heterocycles. The Balaban J connectivity index is 2.26. The third-order valence-electron chi connectivity index (χ3n) is 3.29. The molecule has 2 heterocycles. The number of rotatable bonds is 1. The molecule has 0 aliphatic carbocycles. The van der Waals surface area contributed by atoms with Crippen LogP contribution in [0, 0.1) is 13.8 Å². The van der Waals surface area contributed by atoms with Gasteiger partial charge in [-0.1, -0.05) is 0 Å². The van der Waals surface area contributed by atoms with Crippen LogP contribution in [0.15, 0.2) is 0 Å². The summed E-state index contributed by atoms with van der Waals surface area (Å²) >= 11 is 0. The number of nitrogens with zero attached hydrogens (tertiary/aromatic N) is 4. The number of likely N-dealkylation sites (N-methyl/N-ethyl adjacent to an activating group) is 1. The minimum absolute atomic E-state index is 0.602. The molecule has 1 aliphatic rings. The van der Waals surface area contributed by atoms with Crippen molar-refractivity contribution in [2.75, 3.05) is 43.9 Å². The topological polar surface area (TPSA) is 58.3 Å². The molecule has 1 aromatic heterocycles. The first-order valence-electron chi connectivity index (χ1n) is 6.12. The minimum Gasteiger partial charge on any atom is -0.383 e. The van der Waals surface area contributed by atoms with Crippen molar-refractivity contribution in [1.82, 2.24) is 14.9 Å². The summed E-state index contributed by atoms with van der Waals surface area (Å²) in [5.41, 5.74) is 6.91. The van der Waals surface area contributed by atoms with Gasteiger partial charge in [0.1, 0.15) is 17.5 Å². The number of hydrogen-bond acceptors (Lipinski definition) is 5. The van der Waals surface area contributed by atoms with E-state index in [0.29, 0.717) is 5.82 Å². The zero-order valence-electron chi connectivity index (χ0n) is 10.9. The van der Waals surface area contributed by atoms with Gasteiger partial charge >= 0.3 is 0 Å². The summed E-state index contributed by atoms with van der Waals surface area (Å²) in [6.07, 6.45) is 1.17. The first-order chi connectivity index (χ1) is 8.08. The Morgan fingerprint density at radius 2 is 1.82 bits per heavy atom. The molecule has 0 unspecified atom stereocenters. The van der Waals surface area contributed by atoms with Crippen LogP contribution < -0.4 is 10.6 Å². The molecule has 0 saturated carbocycles. The van der Waals surface area contributed by atoms with E-state index in [9.17, 15) is 0 Å². The second-order valence-electron chi connectivity index (χ2n) is 4.75. The average molecular weight is 235 g/mol. The maximum atomic E-state index is 5.91. The van der Waals surface area contributed by atoms with Crippen LogP contribution in [0.2, 0.25) is 0 Å². The van der Waals surface area contributed by atoms with Gasteiger partial charge in [0.2, 0.25) is 0 Å². The monoisotopic (exact) mass is 235 g/mol.